The first-order valence-electron chi connectivity index (χ1n) is 10.7. The molecule has 3 nitrogen and oxygen atoms in total. The Balaban J connectivity index is 0.000000181. The normalized spacial score (nSPS) is 15.3. The van der Waals surface area contributed by atoms with Gasteiger partial charge >= 0.3 is 0 Å². The summed E-state index contributed by atoms with van der Waals surface area (Å²) in [6.07, 6.45) is 0.873. The van der Waals surface area contributed by atoms with Crippen LogP contribution in [0.5, 0.6) is 11.5 Å². The van der Waals surface area contributed by atoms with Gasteiger partial charge in [0.15, 0.2) is 0 Å². The smallest absolute Gasteiger partial charge is 0.248 e. The number of benzene rings is 3. The highest BCUT2D eigenvalue weighted by molar-refractivity contribution is 7.75. The van der Waals surface area contributed by atoms with Crippen LogP contribution >= 0.6 is 12.9 Å². The van der Waals surface area contributed by atoms with Gasteiger partial charge in [-0.3, -0.25) is 0 Å². The first-order valence-corrected chi connectivity index (χ1v) is 11.0. The number of ether oxygens (including phenoxy) is 2. The van der Waals surface area contributed by atoms with Gasteiger partial charge in [0.1, 0.15) is 18.1 Å². The lowest BCUT2D eigenvalue weighted by atomic mass is 9.94. The van der Waals surface area contributed by atoms with Crippen LogP contribution in [0.2, 0.25) is 0 Å². The van der Waals surface area contributed by atoms with Crippen LogP contribution in [0.15, 0.2) is 84.9 Å². The van der Waals surface area contributed by atoms with Crippen LogP contribution in [0.25, 0.3) is 0 Å². The van der Waals surface area contributed by atoms with Gasteiger partial charge in [-0.2, -0.15) is 0 Å². The molecule has 1 fully saturated rings. The number of rotatable bonds is 7. The summed E-state index contributed by atoms with van der Waals surface area (Å²) in [5, 5.41) is 0. The van der Waals surface area contributed by atoms with Gasteiger partial charge in [-0.05, 0) is 48.2 Å². The van der Waals surface area contributed by atoms with Crippen molar-refractivity contribution in [1.82, 2.24) is 0 Å². The van der Waals surface area contributed by atoms with Crippen molar-refractivity contribution in [2.24, 2.45) is 0 Å². The van der Waals surface area contributed by atoms with Crippen molar-refractivity contribution < 1.29 is 22.4 Å². The Bertz CT molecular complexity index is 895. The zero-order valence-corrected chi connectivity index (χ0v) is 18.7. The summed E-state index contributed by atoms with van der Waals surface area (Å²) in [7, 11) is 0. The third kappa shape index (κ3) is 8.52. The minimum atomic E-state index is -2.47. The molecule has 3 aromatic rings. The molecule has 0 aromatic heterocycles. The van der Waals surface area contributed by atoms with E-state index in [1.807, 2.05) is 84.9 Å². The predicted octanol–water partition coefficient (Wildman–Crippen LogP) is 7.27. The summed E-state index contributed by atoms with van der Waals surface area (Å²) < 4.78 is 41.8. The van der Waals surface area contributed by atoms with Gasteiger partial charge in [0.2, 0.25) is 5.92 Å². The maximum Gasteiger partial charge on any atom is 0.248 e. The van der Waals surface area contributed by atoms with Crippen LogP contribution in [-0.2, 0) is 18.0 Å². The molecule has 1 aliphatic rings. The maximum absolute atomic E-state index is 12.9. The van der Waals surface area contributed by atoms with Crippen LogP contribution in [-0.4, -0.2) is 12.0 Å². The fourth-order valence-electron chi connectivity index (χ4n) is 3.31. The van der Waals surface area contributed by atoms with Gasteiger partial charge in [-0.1, -0.05) is 60.7 Å². The highest BCUT2D eigenvalue weighted by atomic mass is 32.1. The molecule has 0 heterocycles. The van der Waals surface area contributed by atoms with Crippen LogP contribution < -0.4 is 8.92 Å². The van der Waals surface area contributed by atoms with E-state index < -0.39 is 5.92 Å². The molecular formula is C26H28F2O3S. The molecule has 0 unspecified atom stereocenters. The highest BCUT2D eigenvalue weighted by Gasteiger charge is 2.35. The van der Waals surface area contributed by atoms with E-state index in [4.69, 9.17) is 13.7 Å². The molecule has 170 valence electrons. The van der Waals surface area contributed by atoms with Crippen LogP contribution in [0, 0.1) is 0 Å². The van der Waals surface area contributed by atoms with E-state index in [9.17, 15) is 8.78 Å². The van der Waals surface area contributed by atoms with Crippen molar-refractivity contribution in [2.75, 3.05) is 0 Å². The number of hydrogen-bond acceptors (Lipinski definition) is 4. The van der Waals surface area contributed by atoms with Gasteiger partial charge in [0, 0.05) is 25.8 Å². The zero-order chi connectivity index (χ0) is 22.7. The molecule has 0 amide bonds. The summed E-state index contributed by atoms with van der Waals surface area (Å²) in [6, 6.07) is 27.2. The standard InChI is InChI=1S/C13H16F2O.C13H12O2S/c14-13(15)8-6-12(7-9-13)16-10-11-4-2-1-3-5-11;16-15-13-8-6-12(7-9-13)14-10-11-4-2-1-3-5-11/h1-5,12H,6-10H2;1-9,16H,10H2. The van der Waals surface area contributed by atoms with E-state index in [-0.39, 0.29) is 18.9 Å². The highest BCUT2D eigenvalue weighted by Crippen LogP contribution is 2.34. The molecule has 1 aliphatic carbocycles. The molecule has 32 heavy (non-hydrogen) atoms. The molecule has 0 N–H and O–H groups in total. The van der Waals surface area contributed by atoms with Crippen LogP contribution in [0.4, 0.5) is 8.78 Å². The first-order chi connectivity index (χ1) is 15.5. The lowest BCUT2D eigenvalue weighted by molar-refractivity contribution is -0.0839. The molecule has 0 spiro atoms. The summed E-state index contributed by atoms with van der Waals surface area (Å²) >= 11 is 3.71. The predicted molar refractivity (Wildman–Crippen MR) is 125 cm³/mol. The molecule has 0 aliphatic heterocycles. The molecule has 1 saturated carbocycles. The third-order valence-electron chi connectivity index (χ3n) is 5.17. The second-order valence-electron chi connectivity index (χ2n) is 7.69. The number of thiol groups is 1. The lowest BCUT2D eigenvalue weighted by Crippen LogP contribution is -2.28. The Morgan fingerprint density at radius 2 is 1.22 bits per heavy atom. The molecule has 0 saturated heterocycles. The van der Waals surface area contributed by atoms with E-state index in [1.54, 1.807) is 0 Å². The largest absolute Gasteiger partial charge is 0.489 e. The summed E-state index contributed by atoms with van der Waals surface area (Å²) in [5.74, 6) is -0.944. The minimum Gasteiger partial charge on any atom is -0.489 e. The van der Waals surface area contributed by atoms with Gasteiger partial charge in [0.05, 0.1) is 12.7 Å². The van der Waals surface area contributed by atoms with Gasteiger partial charge in [0.25, 0.3) is 0 Å². The van der Waals surface area contributed by atoms with Crippen molar-refractivity contribution in [3.05, 3.63) is 96.1 Å². The molecule has 3 aromatic carbocycles. The van der Waals surface area contributed by atoms with Gasteiger partial charge < -0.3 is 13.7 Å². The Morgan fingerprint density at radius 1 is 0.719 bits per heavy atom. The SMILES string of the molecule is FC1(F)CCC(OCc2ccccc2)CC1.SOc1ccc(OCc2ccccc2)cc1. The summed E-state index contributed by atoms with van der Waals surface area (Å²) in [5.41, 5.74) is 2.25. The molecule has 4 rings (SSSR count). The van der Waals surface area contributed by atoms with Crippen LogP contribution in [0.3, 0.4) is 0 Å². The van der Waals surface area contributed by atoms with Crippen molar-refractivity contribution in [3.63, 3.8) is 0 Å². The van der Waals surface area contributed by atoms with Crippen LogP contribution in [0.1, 0.15) is 36.8 Å². The van der Waals surface area contributed by atoms with E-state index in [0.29, 0.717) is 31.8 Å². The van der Waals surface area contributed by atoms with E-state index >= 15 is 0 Å². The Labute approximate surface area is 194 Å². The monoisotopic (exact) mass is 458 g/mol. The molecular weight excluding hydrogens is 430 g/mol. The van der Waals surface area contributed by atoms with Crippen molar-refractivity contribution in [1.29, 1.82) is 0 Å². The molecule has 0 bridgehead atoms. The minimum absolute atomic E-state index is 0.000156. The van der Waals surface area contributed by atoms with Crippen molar-refractivity contribution in [2.45, 2.75) is 50.9 Å². The maximum atomic E-state index is 12.9. The fraction of sp³-hybridized carbons (Fsp3) is 0.308. The second-order valence-corrected chi connectivity index (χ2v) is 7.87. The van der Waals surface area contributed by atoms with Crippen molar-refractivity contribution in [3.8, 4) is 11.5 Å². The molecule has 0 radical (unpaired) electrons. The third-order valence-corrected chi connectivity index (χ3v) is 5.38. The van der Waals surface area contributed by atoms with E-state index in [2.05, 4.69) is 12.9 Å². The molecule has 0 atom stereocenters. The second kappa shape index (κ2) is 12.5. The Kier molecular flexibility index (Phi) is 9.38. The number of alkyl halides is 2. The zero-order valence-electron chi connectivity index (χ0n) is 17.8. The average Bonchev–Trinajstić information content (AvgIpc) is 2.84. The van der Waals surface area contributed by atoms with Crippen molar-refractivity contribution >= 4 is 12.9 Å². The first kappa shape index (κ1) is 24.1. The Morgan fingerprint density at radius 3 is 1.75 bits per heavy atom. The number of halogens is 2. The number of hydrogen-bond donors (Lipinski definition) is 1. The van der Waals surface area contributed by atoms with Gasteiger partial charge in [-0.25, -0.2) is 8.78 Å². The average molecular weight is 459 g/mol. The van der Waals surface area contributed by atoms with E-state index in [0.717, 1.165) is 16.9 Å². The lowest BCUT2D eigenvalue weighted by Gasteiger charge is -2.28. The quantitative estimate of drug-likeness (QED) is 0.298. The summed E-state index contributed by atoms with van der Waals surface area (Å²) in [4.78, 5) is 0. The summed E-state index contributed by atoms with van der Waals surface area (Å²) in [6.45, 7) is 1.10. The fourth-order valence-corrected chi connectivity index (χ4v) is 3.43. The topological polar surface area (TPSA) is 27.7 Å². The Hall–Kier alpha value is -2.57. The molecule has 6 heteroatoms. The van der Waals surface area contributed by atoms with E-state index in [1.165, 1.54) is 0 Å². The van der Waals surface area contributed by atoms with Gasteiger partial charge in [-0.15, -0.1) is 0 Å².